The van der Waals surface area contributed by atoms with Crippen molar-refractivity contribution < 1.29 is 19.5 Å². The molecule has 3 rings (SSSR count). The molecule has 0 aliphatic carbocycles. The molecule has 1 N–H and O–H groups in total. The standard InChI is InChI=1S/C25H32N4O4/c1-3-4-11-16-26(2)24(32)27-17-18-28(22(19-27)23(30)31)25(33)29(20-12-7-5-8-13-20)21-14-9-6-10-15-21/h5-10,12-15,22H,3-4,11,16-19H2,1-2H3,(H,30,31)/t22-/m0/s1. The quantitative estimate of drug-likeness (QED) is 0.637. The van der Waals surface area contributed by atoms with E-state index < -0.39 is 18.0 Å². The Balaban J connectivity index is 1.81. The molecule has 0 unspecified atom stereocenters. The Hall–Kier alpha value is -3.55. The second kappa shape index (κ2) is 11.4. The number of amides is 4. The molecule has 1 saturated heterocycles. The predicted molar refractivity (Wildman–Crippen MR) is 128 cm³/mol. The van der Waals surface area contributed by atoms with Crippen molar-refractivity contribution in [3.05, 3.63) is 60.7 Å². The highest BCUT2D eigenvalue weighted by Gasteiger charge is 2.40. The maximum atomic E-state index is 13.7. The molecule has 1 heterocycles. The van der Waals surface area contributed by atoms with E-state index in [-0.39, 0.29) is 25.7 Å². The van der Waals surface area contributed by atoms with Gasteiger partial charge >= 0.3 is 18.0 Å². The third-order valence-electron chi connectivity index (χ3n) is 5.83. The number of carboxylic acids is 1. The number of anilines is 2. The summed E-state index contributed by atoms with van der Waals surface area (Å²) in [7, 11) is 1.73. The third kappa shape index (κ3) is 5.83. The Morgan fingerprint density at radius 1 is 0.909 bits per heavy atom. The van der Waals surface area contributed by atoms with E-state index in [1.807, 2.05) is 60.7 Å². The first kappa shape index (κ1) is 24.1. The number of carboxylic acid groups (broad SMARTS) is 1. The Bertz CT molecular complexity index is 898. The van der Waals surface area contributed by atoms with Crippen LogP contribution < -0.4 is 4.90 Å². The van der Waals surface area contributed by atoms with Crippen LogP contribution in [-0.2, 0) is 4.79 Å². The molecule has 8 nitrogen and oxygen atoms in total. The van der Waals surface area contributed by atoms with E-state index in [4.69, 9.17) is 0 Å². The van der Waals surface area contributed by atoms with E-state index in [2.05, 4.69) is 6.92 Å². The summed E-state index contributed by atoms with van der Waals surface area (Å²) in [5, 5.41) is 9.93. The van der Waals surface area contributed by atoms with Crippen molar-refractivity contribution in [3.63, 3.8) is 0 Å². The SMILES string of the molecule is CCCCCN(C)C(=O)N1CCN(C(=O)N(c2ccccc2)c2ccccc2)[C@H](C(=O)O)C1. The number of para-hydroxylation sites is 2. The van der Waals surface area contributed by atoms with Gasteiger partial charge in [-0.1, -0.05) is 56.2 Å². The lowest BCUT2D eigenvalue weighted by Crippen LogP contribution is -2.62. The summed E-state index contributed by atoms with van der Waals surface area (Å²) < 4.78 is 0. The van der Waals surface area contributed by atoms with Crippen LogP contribution in [0.1, 0.15) is 26.2 Å². The number of urea groups is 2. The number of benzene rings is 2. The molecule has 1 atom stereocenters. The van der Waals surface area contributed by atoms with Crippen molar-refractivity contribution >= 4 is 29.4 Å². The van der Waals surface area contributed by atoms with Crippen molar-refractivity contribution in [1.82, 2.24) is 14.7 Å². The number of carbonyl (C=O) groups is 3. The van der Waals surface area contributed by atoms with Crippen molar-refractivity contribution in [2.24, 2.45) is 0 Å². The number of rotatable bonds is 7. The van der Waals surface area contributed by atoms with Gasteiger partial charge in [-0.15, -0.1) is 0 Å². The normalized spacial score (nSPS) is 15.8. The number of hydrogen-bond acceptors (Lipinski definition) is 3. The van der Waals surface area contributed by atoms with Crippen molar-refractivity contribution in [2.75, 3.05) is 38.1 Å². The molecule has 1 aliphatic rings. The fourth-order valence-electron chi connectivity index (χ4n) is 3.99. The Morgan fingerprint density at radius 2 is 1.48 bits per heavy atom. The van der Waals surface area contributed by atoms with Crippen LogP contribution in [0.25, 0.3) is 0 Å². The Morgan fingerprint density at radius 3 is 2.00 bits per heavy atom. The molecule has 0 bridgehead atoms. The van der Waals surface area contributed by atoms with E-state index in [0.29, 0.717) is 17.9 Å². The number of piperazine rings is 1. The molecule has 2 aromatic rings. The molecule has 0 radical (unpaired) electrons. The van der Waals surface area contributed by atoms with Gasteiger partial charge in [-0.3, -0.25) is 4.90 Å². The van der Waals surface area contributed by atoms with E-state index in [1.54, 1.807) is 11.9 Å². The lowest BCUT2D eigenvalue weighted by Gasteiger charge is -2.42. The van der Waals surface area contributed by atoms with Crippen LogP contribution in [0, 0.1) is 0 Å². The number of nitrogens with zero attached hydrogens (tertiary/aromatic N) is 4. The summed E-state index contributed by atoms with van der Waals surface area (Å²) in [6.07, 6.45) is 3.00. The van der Waals surface area contributed by atoms with E-state index in [1.165, 1.54) is 14.7 Å². The van der Waals surface area contributed by atoms with Crippen LogP contribution in [0.5, 0.6) is 0 Å². The highest BCUT2D eigenvalue weighted by Crippen LogP contribution is 2.28. The van der Waals surface area contributed by atoms with E-state index in [9.17, 15) is 19.5 Å². The van der Waals surface area contributed by atoms with Gasteiger partial charge in [-0.25, -0.2) is 14.4 Å². The monoisotopic (exact) mass is 452 g/mol. The van der Waals surface area contributed by atoms with Gasteiger partial charge in [0.15, 0.2) is 0 Å². The highest BCUT2D eigenvalue weighted by molar-refractivity contribution is 6.01. The first-order valence-electron chi connectivity index (χ1n) is 11.4. The zero-order valence-corrected chi connectivity index (χ0v) is 19.3. The van der Waals surface area contributed by atoms with Crippen molar-refractivity contribution in [2.45, 2.75) is 32.2 Å². The van der Waals surface area contributed by atoms with Gasteiger partial charge in [0, 0.05) is 26.7 Å². The largest absolute Gasteiger partial charge is 0.480 e. The average Bonchev–Trinajstić information content (AvgIpc) is 2.84. The predicted octanol–water partition coefficient (Wildman–Crippen LogP) is 4.26. The first-order valence-corrected chi connectivity index (χ1v) is 11.4. The number of aliphatic carboxylic acids is 1. The molecule has 176 valence electrons. The van der Waals surface area contributed by atoms with Crippen molar-refractivity contribution in [3.8, 4) is 0 Å². The van der Waals surface area contributed by atoms with E-state index in [0.717, 1.165) is 19.3 Å². The average molecular weight is 453 g/mol. The van der Waals surface area contributed by atoms with Gasteiger partial charge in [-0.2, -0.15) is 0 Å². The summed E-state index contributed by atoms with van der Waals surface area (Å²) in [5.41, 5.74) is 1.29. The van der Waals surface area contributed by atoms with Crippen LogP contribution in [-0.4, -0.2) is 77.1 Å². The van der Waals surface area contributed by atoms with Gasteiger partial charge in [0.25, 0.3) is 0 Å². The summed E-state index contributed by atoms with van der Waals surface area (Å²) in [4.78, 5) is 44.7. The zero-order valence-electron chi connectivity index (χ0n) is 19.3. The third-order valence-corrected chi connectivity index (χ3v) is 5.83. The lowest BCUT2D eigenvalue weighted by atomic mass is 10.1. The molecule has 0 aromatic heterocycles. The van der Waals surface area contributed by atoms with Crippen LogP contribution in [0.2, 0.25) is 0 Å². The minimum absolute atomic E-state index is 0.0462. The molecule has 8 heteroatoms. The second-order valence-corrected chi connectivity index (χ2v) is 8.19. The number of carbonyl (C=O) groups excluding carboxylic acids is 2. The van der Waals surface area contributed by atoms with Gasteiger partial charge < -0.3 is 19.8 Å². The van der Waals surface area contributed by atoms with Crippen LogP contribution in [0.15, 0.2) is 60.7 Å². The molecule has 4 amide bonds. The number of unbranched alkanes of at least 4 members (excludes halogenated alkanes) is 2. The smallest absolute Gasteiger partial charge is 0.329 e. The summed E-state index contributed by atoms with van der Waals surface area (Å²) in [6, 6.07) is 16.5. The molecule has 0 saturated carbocycles. The van der Waals surface area contributed by atoms with Crippen molar-refractivity contribution in [1.29, 1.82) is 0 Å². The van der Waals surface area contributed by atoms with Gasteiger partial charge in [-0.05, 0) is 30.7 Å². The molecule has 1 fully saturated rings. The maximum absolute atomic E-state index is 13.7. The minimum Gasteiger partial charge on any atom is -0.480 e. The molecular weight excluding hydrogens is 420 g/mol. The molecule has 1 aliphatic heterocycles. The van der Waals surface area contributed by atoms with Gasteiger partial charge in [0.05, 0.1) is 17.9 Å². The molecule has 0 spiro atoms. The molecule has 33 heavy (non-hydrogen) atoms. The highest BCUT2D eigenvalue weighted by atomic mass is 16.4. The van der Waals surface area contributed by atoms with Gasteiger partial charge in [0.1, 0.15) is 6.04 Å². The fourth-order valence-corrected chi connectivity index (χ4v) is 3.99. The molecule has 2 aromatic carbocycles. The minimum atomic E-state index is -1.13. The van der Waals surface area contributed by atoms with E-state index >= 15 is 0 Å². The summed E-state index contributed by atoms with van der Waals surface area (Å²) in [6.45, 7) is 3.10. The molecular formula is C25H32N4O4. The van der Waals surface area contributed by atoms with Crippen LogP contribution in [0.3, 0.4) is 0 Å². The summed E-state index contributed by atoms with van der Waals surface area (Å²) in [5.74, 6) is -1.13. The van der Waals surface area contributed by atoms with Crippen LogP contribution >= 0.6 is 0 Å². The Labute approximate surface area is 195 Å². The topological polar surface area (TPSA) is 84.4 Å². The van der Waals surface area contributed by atoms with Crippen LogP contribution in [0.4, 0.5) is 21.0 Å². The fraction of sp³-hybridized carbons (Fsp3) is 0.400. The number of hydrogen-bond donors (Lipinski definition) is 1. The second-order valence-electron chi connectivity index (χ2n) is 8.19. The van der Waals surface area contributed by atoms with Gasteiger partial charge in [0.2, 0.25) is 0 Å². The Kier molecular flexibility index (Phi) is 8.29. The summed E-state index contributed by atoms with van der Waals surface area (Å²) >= 11 is 0. The lowest BCUT2D eigenvalue weighted by molar-refractivity contribution is -0.143. The maximum Gasteiger partial charge on any atom is 0.329 e. The zero-order chi connectivity index (χ0) is 23.8. The first-order chi connectivity index (χ1) is 15.9.